The van der Waals surface area contributed by atoms with Crippen molar-refractivity contribution in [3.05, 3.63) is 83.2 Å². The molecule has 0 aliphatic carbocycles. The van der Waals surface area contributed by atoms with Gasteiger partial charge in [-0.3, -0.25) is 0 Å². The van der Waals surface area contributed by atoms with Crippen LogP contribution in [0.2, 0.25) is 0 Å². The zero-order valence-corrected chi connectivity index (χ0v) is 13.4. The normalized spacial score (nSPS) is 10.4. The Labute approximate surface area is 137 Å². The fourth-order valence-corrected chi connectivity index (χ4v) is 4.30. The highest BCUT2D eigenvalue weighted by Gasteiger charge is 2.06. The number of fused-ring (bicyclic) bond motifs is 1. The van der Waals surface area contributed by atoms with Crippen LogP contribution in [-0.4, -0.2) is 0 Å². The Balaban J connectivity index is 1.65. The molecule has 104 valence electrons. The molecule has 0 aliphatic rings. The predicted molar refractivity (Wildman–Crippen MR) is 97.6 cm³/mol. The third-order valence-corrected chi connectivity index (χ3v) is 5.69. The molecular weight excluding hydrogens is 304 g/mol. The molecule has 0 amide bonds. The first-order chi connectivity index (χ1) is 10.9. The molecule has 22 heavy (non-hydrogen) atoms. The topological polar surface area (TPSA) is 0 Å². The summed E-state index contributed by atoms with van der Waals surface area (Å²) < 4.78 is 1.34. The standard InChI is InChI=1S/C20H12S2/c1-2-6-15(7-3-1)10-11-17-12-13-19(21-17)20-14-16-8-4-5-9-18(16)22-20/h1-9,12-14H. The van der Waals surface area contributed by atoms with Crippen molar-refractivity contribution in [2.24, 2.45) is 0 Å². The van der Waals surface area contributed by atoms with E-state index in [2.05, 4.69) is 54.3 Å². The van der Waals surface area contributed by atoms with Crippen molar-refractivity contribution in [2.45, 2.75) is 0 Å². The summed E-state index contributed by atoms with van der Waals surface area (Å²) in [7, 11) is 0. The minimum absolute atomic E-state index is 1.05. The maximum Gasteiger partial charge on any atom is 0.0779 e. The van der Waals surface area contributed by atoms with Crippen LogP contribution in [0.4, 0.5) is 0 Å². The van der Waals surface area contributed by atoms with E-state index in [1.54, 1.807) is 11.3 Å². The summed E-state index contributed by atoms with van der Waals surface area (Å²) in [6, 6.07) is 25.2. The number of hydrogen-bond donors (Lipinski definition) is 0. The van der Waals surface area contributed by atoms with Crippen LogP contribution < -0.4 is 0 Å². The Bertz CT molecular complexity index is 945. The SMILES string of the molecule is C(#Cc1ccc(-c2cc3ccccc3s2)s1)c1ccccc1. The molecule has 0 nitrogen and oxygen atoms in total. The van der Waals surface area contributed by atoms with Crippen LogP contribution in [0.15, 0.2) is 72.8 Å². The van der Waals surface area contributed by atoms with E-state index >= 15 is 0 Å². The first-order valence-corrected chi connectivity index (χ1v) is 8.68. The van der Waals surface area contributed by atoms with Crippen LogP contribution in [0.25, 0.3) is 19.8 Å². The van der Waals surface area contributed by atoms with Crippen LogP contribution in [0, 0.1) is 11.8 Å². The molecule has 0 radical (unpaired) electrons. The van der Waals surface area contributed by atoms with Crippen LogP contribution in [0.5, 0.6) is 0 Å². The maximum absolute atomic E-state index is 3.26. The molecule has 0 fully saturated rings. The fourth-order valence-electron chi connectivity index (χ4n) is 2.30. The van der Waals surface area contributed by atoms with Crippen molar-refractivity contribution >= 4 is 32.8 Å². The van der Waals surface area contributed by atoms with Gasteiger partial charge in [0.15, 0.2) is 0 Å². The second kappa shape index (κ2) is 5.81. The quantitative estimate of drug-likeness (QED) is 0.376. The lowest BCUT2D eigenvalue weighted by atomic mass is 10.2. The van der Waals surface area contributed by atoms with E-state index in [0.29, 0.717) is 0 Å². The molecule has 2 aromatic carbocycles. The molecule has 0 bridgehead atoms. The smallest absolute Gasteiger partial charge is 0.0779 e. The van der Waals surface area contributed by atoms with Crippen LogP contribution in [0.1, 0.15) is 10.4 Å². The minimum Gasteiger partial charge on any atom is -0.134 e. The molecule has 4 aromatic rings. The number of hydrogen-bond acceptors (Lipinski definition) is 2. The average molecular weight is 316 g/mol. The second-order valence-electron chi connectivity index (χ2n) is 4.93. The molecule has 0 aliphatic heterocycles. The molecule has 2 heterocycles. The molecule has 2 aromatic heterocycles. The molecule has 0 saturated heterocycles. The van der Waals surface area contributed by atoms with Gasteiger partial charge in [0.2, 0.25) is 0 Å². The summed E-state index contributed by atoms with van der Waals surface area (Å²) in [4.78, 5) is 3.72. The second-order valence-corrected chi connectivity index (χ2v) is 7.10. The van der Waals surface area contributed by atoms with E-state index in [9.17, 15) is 0 Å². The Morgan fingerprint density at radius 3 is 2.32 bits per heavy atom. The van der Waals surface area contributed by atoms with Gasteiger partial charge in [0.1, 0.15) is 0 Å². The third-order valence-electron chi connectivity index (χ3n) is 3.38. The zero-order valence-electron chi connectivity index (χ0n) is 11.7. The Kier molecular flexibility index (Phi) is 3.52. The van der Waals surface area contributed by atoms with Crippen molar-refractivity contribution in [1.82, 2.24) is 0 Å². The van der Waals surface area contributed by atoms with E-state index < -0.39 is 0 Å². The molecule has 0 saturated carbocycles. The summed E-state index contributed by atoms with van der Waals surface area (Å²) in [5.41, 5.74) is 1.05. The molecule has 0 spiro atoms. The van der Waals surface area contributed by atoms with Gasteiger partial charge in [0, 0.05) is 20.0 Å². The van der Waals surface area contributed by atoms with Crippen molar-refractivity contribution in [2.75, 3.05) is 0 Å². The van der Waals surface area contributed by atoms with Gasteiger partial charge in [-0.25, -0.2) is 0 Å². The third kappa shape index (κ3) is 2.69. The molecule has 0 atom stereocenters. The van der Waals surface area contributed by atoms with Gasteiger partial charge in [0.05, 0.1) is 4.88 Å². The Morgan fingerprint density at radius 2 is 1.45 bits per heavy atom. The van der Waals surface area contributed by atoms with Gasteiger partial charge < -0.3 is 0 Å². The summed E-state index contributed by atoms with van der Waals surface area (Å²) >= 11 is 3.60. The first kappa shape index (κ1) is 13.3. The van der Waals surface area contributed by atoms with Gasteiger partial charge in [-0.2, -0.15) is 0 Å². The highest BCUT2D eigenvalue weighted by molar-refractivity contribution is 7.26. The van der Waals surface area contributed by atoms with Crippen LogP contribution >= 0.6 is 22.7 Å². The summed E-state index contributed by atoms with van der Waals surface area (Å²) in [5.74, 6) is 6.47. The molecule has 0 N–H and O–H groups in total. The zero-order chi connectivity index (χ0) is 14.8. The first-order valence-electron chi connectivity index (χ1n) is 7.04. The van der Waals surface area contributed by atoms with E-state index in [0.717, 1.165) is 10.4 Å². The molecule has 4 rings (SSSR count). The average Bonchev–Trinajstić information content (AvgIpc) is 3.20. The predicted octanol–water partition coefficient (Wildman–Crippen LogP) is 6.03. The number of rotatable bonds is 1. The molecule has 2 heteroatoms. The Morgan fingerprint density at radius 1 is 0.636 bits per heavy atom. The number of benzene rings is 2. The largest absolute Gasteiger partial charge is 0.134 e. The highest BCUT2D eigenvalue weighted by Crippen LogP contribution is 2.36. The van der Waals surface area contributed by atoms with Crippen LogP contribution in [0.3, 0.4) is 0 Å². The number of thiophene rings is 2. The van der Waals surface area contributed by atoms with Gasteiger partial charge in [0.25, 0.3) is 0 Å². The fraction of sp³-hybridized carbons (Fsp3) is 0. The van der Waals surface area contributed by atoms with Crippen molar-refractivity contribution in [1.29, 1.82) is 0 Å². The molecule has 0 unspecified atom stereocenters. The maximum atomic E-state index is 3.26. The van der Waals surface area contributed by atoms with Crippen molar-refractivity contribution in [3.63, 3.8) is 0 Å². The van der Waals surface area contributed by atoms with E-state index in [1.807, 2.05) is 41.7 Å². The van der Waals surface area contributed by atoms with E-state index in [4.69, 9.17) is 0 Å². The lowest BCUT2D eigenvalue weighted by Crippen LogP contribution is -1.70. The summed E-state index contributed by atoms with van der Waals surface area (Å²) in [6.45, 7) is 0. The van der Waals surface area contributed by atoms with Crippen molar-refractivity contribution in [3.8, 4) is 21.6 Å². The van der Waals surface area contributed by atoms with Gasteiger partial charge in [-0.05, 0) is 41.8 Å². The minimum atomic E-state index is 1.05. The molecular formula is C20H12S2. The Hall–Kier alpha value is -2.34. The summed E-state index contributed by atoms with van der Waals surface area (Å²) in [5, 5.41) is 1.31. The van der Waals surface area contributed by atoms with Crippen molar-refractivity contribution < 1.29 is 0 Å². The highest BCUT2D eigenvalue weighted by atomic mass is 32.1. The lowest BCUT2D eigenvalue weighted by molar-refractivity contribution is 1.65. The van der Waals surface area contributed by atoms with Gasteiger partial charge in [-0.15, -0.1) is 22.7 Å². The monoisotopic (exact) mass is 316 g/mol. The van der Waals surface area contributed by atoms with E-state index in [-0.39, 0.29) is 0 Å². The lowest BCUT2D eigenvalue weighted by Gasteiger charge is -1.87. The van der Waals surface area contributed by atoms with Crippen LogP contribution in [-0.2, 0) is 0 Å². The van der Waals surface area contributed by atoms with E-state index in [1.165, 1.54) is 19.8 Å². The van der Waals surface area contributed by atoms with Gasteiger partial charge >= 0.3 is 0 Å². The summed E-state index contributed by atoms with van der Waals surface area (Å²) in [6.07, 6.45) is 0. The van der Waals surface area contributed by atoms with Gasteiger partial charge in [-0.1, -0.05) is 48.2 Å².